The lowest BCUT2D eigenvalue weighted by molar-refractivity contribution is -0.153. The molecular formula is C22H22ClF4N5O4. The molecule has 0 spiro atoms. The van der Waals surface area contributed by atoms with E-state index in [2.05, 4.69) is 20.3 Å². The van der Waals surface area contributed by atoms with Gasteiger partial charge in [0.05, 0.1) is 5.02 Å². The summed E-state index contributed by atoms with van der Waals surface area (Å²) in [6.07, 6.45) is -3.07. The van der Waals surface area contributed by atoms with E-state index >= 15 is 0 Å². The summed E-state index contributed by atoms with van der Waals surface area (Å²) < 4.78 is 64.6. The summed E-state index contributed by atoms with van der Waals surface area (Å²) >= 11 is 5.86. The Morgan fingerprint density at radius 1 is 1.36 bits per heavy atom. The zero-order valence-corrected chi connectivity index (χ0v) is 19.7. The number of aryl methyl sites for hydroxylation is 1. The number of aliphatic hydroxyl groups excluding tert-OH is 1. The average molecular weight is 532 g/mol. The van der Waals surface area contributed by atoms with Crippen molar-refractivity contribution >= 4 is 28.7 Å². The van der Waals surface area contributed by atoms with E-state index in [1.54, 1.807) is 0 Å². The number of nitrogens with one attached hydrogen (secondary N) is 1. The Morgan fingerprint density at radius 2 is 2.14 bits per heavy atom. The molecule has 3 heterocycles. The van der Waals surface area contributed by atoms with Gasteiger partial charge in [0.1, 0.15) is 18.2 Å². The molecule has 0 aliphatic heterocycles. The molecular weight excluding hydrogens is 510 g/mol. The summed E-state index contributed by atoms with van der Waals surface area (Å²) in [5.41, 5.74) is 0.600. The van der Waals surface area contributed by atoms with Crippen LogP contribution in [0, 0.1) is 5.92 Å². The fourth-order valence-electron chi connectivity index (χ4n) is 3.91. The third kappa shape index (κ3) is 5.62. The SMILES string of the molecule is Cn1c(C(=O)NC[C@H]2CCCC(F)(F)[C@@H]2O)nc2ccc(Oc3ncc(Cl)cc3OCC(F)F)nc21. The highest BCUT2D eigenvalue weighted by Crippen LogP contribution is 2.37. The van der Waals surface area contributed by atoms with Crippen LogP contribution in [0.15, 0.2) is 24.4 Å². The van der Waals surface area contributed by atoms with E-state index in [-0.39, 0.29) is 53.4 Å². The molecule has 4 rings (SSSR count). The first-order chi connectivity index (χ1) is 17.0. The molecule has 3 aromatic rings. The number of imidazole rings is 1. The quantitative estimate of drug-likeness (QED) is 0.423. The van der Waals surface area contributed by atoms with E-state index in [4.69, 9.17) is 21.1 Å². The summed E-state index contributed by atoms with van der Waals surface area (Å²) in [5.74, 6) is -4.85. The normalized spacial score (nSPS) is 19.4. The van der Waals surface area contributed by atoms with E-state index in [0.29, 0.717) is 11.9 Å². The summed E-state index contributed by atoms with van der Waals surface area (Å²) in [4.78, 5) is 25.2. The largest absolute Gasteiger partial charge is 0.482 e. The number of rotatable bonds is 8. The molecule has 14 heteroatoms. The summed E-state index contributed by atoms with van der Waals surface area (Å²) in [6, 6.07) is 4.23. The van der Waals surface area contributed by atoms with Crippen LogP contribution < -0.4 is 14.8 Å². The Balaban J connectivity index is 1.50. The van der Waals surface area contributed by atoms with Gasteiger partial charge in [-0.2, -0.15) is 4.98 Å². The second-order valence-corrected chi connectivity index (χ2v) is 8.75. The van der Waals surface area contributed by atoms with Crippen molar-refractivity contribution < 1.29 is 36.9 Å². The maximum Gasteiger partial charge on any atom is 0.287 e. The highest BCUT2D eigenvalue weighted by molar-refractivity contribution is 6.30. The number of fused-ring (bicyclic) bond motifs is 1. The molecule has 0 bridgehead atoms. The van der Waals surface area contributed by atoms with E-state index < -0.39 is 36.9 Å². The van der Waals surface area contributed by atoms with Crippen LogP contribution in [0.25, 0.3) is 11.2 Å². The molecule has 0 radical (unpaired) electrons. The van der Waals surface area contributed by atoms with E-state index in [9.17, 15) is 27.5 Å². The minimum Gasteiger partial charge on any atom is -0.482 e. The molecule has 0 unspecified atom stereocenters. The molecule has 3 aromatic heterocycles. The highest BCUT2D eigenvalue weighted by atomic mass is 35.5. The molecule has 9 nitrogen and oxygen atoms in total. The molecule has 2 N–H and O–H groups in total. The number of carbonyl (C=O) groups excluding carboxylic acids is 1. The minimum absolute atomic E-state index is 0.0155. The van der Waals surface area contributed by atoms with Gasteiger partial charge in [0, 0.05) is 44.3 Å². The fraction of sp³-hybridized carbons (Fsp3) is 0.455. The van der Waals surface area contributed by atoms with Gasteiger partial charge in [-0.1, -0.05) is 11.6 Å². The smallest absolute Gasteiger partial charge is 0.287 e. The van der Waals surface area contributed by atoms with E-state index in [1.165, 1.54) is 36.0 Å². The molecule has 1 saturated carbocycles. The van der Waals surface area contributed by atoms with Gasteiger partial charge in [-0.3, -0.25) is 4.79 Å². The van der Waals surface area contributed by atoms with Gasteiger partial charge in [-0.05, 0) is 18.9 Å². The number of nitrogens with zero attached hydrogens (tertiary/aromatic N) is 4. The van der Waals surface area contributed by atoms with Crippen LogP contribution in [0.3, 0.4) is 0 Å². The van der Waals surface area contributed by atoms with Crippen LogP contribution in [-0.4, -0.2) is 62.1 Å². The predicted molar refractivity (Wildman–Crippen MR) is 120 cm³/mol. The number of carbonyl (C=O) groups is 1. The molecule has 194 valence electrons. The number of hydrogen-bond acceptors (Lipinski definition) is 7. The first-order valence-corrected chi connectivity index (χ1v) is 11.3. The summed E-state index contributed by atoms with van der Waals surface area (Å²) in [6.45, 7) is -1.02. The molecule has 0 aromatic carbocycles. The van der Waals surface area contributed by atoms with Crippen molar-refractivity contribution in [1.82, 2.24) is 24.8 Å². The fourth-order valence-corrected chi connectivity index (χ4v) is 4.06. The van der Waals surface area contributed by atoms with Crippen molar-refractivity contribution in [2.75, 3.05) is 13.2 Å². The average Bonchev–Trinajstić information content (AvgIpc) is 3.16. The number of hydrogen-bond donors (Lipinski definition) is 2. The molecule has 2 atom stereocenters. The van der Waals surface area contributed by atoms with Crippen LogP contribution in [0.1, 0.15) is 29.9 Å². The van der Waals surface area contributed by atoms with Gasteiger partial charge in [-0.25, -0.2) is 27.5 Å². The van der Waals surface area contributed by atoms with Crippen molar-refractivity contribution in [2.45, 2.75) is 37.7 Å². The molecule has 36 heavy (non-hydrogen) atoms. The number of halogens is 5. The van der Waals surface area contributed by atoms with Crippen molar-refractivity contribution in [1.29, 1.82) is 0 Å². The molecule has 0 saturated heterocycles. The van der Waals surface area contributed by atoms with Gasteiger partial charge in [0.15, 0.2) is 11.4 Å². The Bertz CT molecular complexity index is 1260. The maximum atomic E-state index is 13.8. The number of ether oxygens (including phenoxy) is 2. The topological polar surface area (TPSA) is 111 Å². The lowest BCUT2D eigenvalue weighted by Crippen LogP contribution is -2.47. The second-order valence-electron chi connectivity index (χ2n) is 8.32. The Kier molecular flexibility index (Phi) is 7.50. The van der Waals surface area contributed by atoms with Gasteiger partial charge in [0.2, 0.25) is 11.7 Å². The van der Waals surface area contributed by atoms with Crippen LogP contribution >= 0.6 is 11.6 Å². The predicted octanol–water partition coefficient (Wildman–Crippen LogP) is 3.98. The first-order valence-electron chi connectivity index (χ1n) is 11.0. The van der Waals surface area contributed by atoms with Crippen molar-refractivity contribution in [3.05, 3.63) is 35.2 Å². The zero-order chi connectivity index (χ0) is 26.0. The Morgan fingerprint density at radius 3 is 2.89 bits per heavy atom. The summed E-state index contributed by atoms with van der Waals surface area (Å²) in [7, 11) is 1.53. The standard InChI is InChI=1S/C22H22ClF4N5O4/c1-32-18-13(30-19(32)20(34)28-8-11-3-2-6-22(26,27)17(11)33)4-5-16(31-18)36-21-14(35-10-15(24)25)7-12(23)9-29-21/h4-5,7,9,11,15,17,33H,2-3,6,8,10H2,1H3,(H,28,34)/t11-,17-/m1/s1. The first kappa shape index (κ1) is 25.9. The van der Waals surface area contributed by atoms with Crippen molar-refractivity contribution in [3.63, 3.8) is 0 Å². The number of amides is 1. The van der Waals surface area contributed by atoms with E-state index in [0.717, 1.165) is 0 Å². The number of aromatic nitrogens is 4. The van der Waals surface area contributed by atoms with Crippen LogP contribution in [0.2, 0.25) is 5.02 Å². The van der Waals surface area contributed by atoms with Crippen LogP contribution in [0.4, 0.5) is 17.6 Å². The lowest BCUT2D eigenvalue weighted by atomic mass is 9.83. The lowest BCUT2D eigenvalue weighted by Gasteiger charge is -2.34. The monoisotopic (exact) mass is 531 g/mol. The van der Waals surface area contributed by atoms with Gasteiger partial charge in [-0.15, -0.1) is 0 Å². The number of pyridine rings is 2. The minimum atomic E-state index is -3.19. The van der Waals surface area contributed by atoms with E-state index in [1.807, 2.05) is 0 Å². The maximum absolute atomic E-state index is 13.8. The van der Waals surface area contributed by atoms with Gasteiger partial charge < -0.3 is 24.5 Å². The van der Waals surface area contributed by atoms with Gasteiger partial charge >= 0.3 is 0 Å². The van der Waals surface area contributed by atoms with Crippen molar-refractivity contribution in [2.24, 2.45) is 13.0 Å². The number of alkyl halides is 4. The van der Waals surface area contributed by atoms with Crippen LogP contribution in [0.5, 0.6) is 17.5 Å². The van der Waals surface area contributed by atoms with Gasteiger partial charge in [0.25, 0.3) is 24.1 Å². The second kappa shape index (κ2) is 10.4. The highest BCUT2D eigenvalue weighted by Gasteiger charge is 2.45. The number of aliphatic hydroxyl groups is 1. The molecule has 1 fully saturated rings. The Hall–Kier alpha value is -3.19. The van der Waals surface area contributed by atoms with Crippen molar-refractivity contribution in [3.8, 4) is 17.5 Å². The zero-order valence-electron chi connectivity index (χ0n) is 18.9. The van der Waals surface area contributed by atoms with Crippen LogP contribution in [-0.2, 0) is 7.05 Å². The molecule has 1 amide bonds. The summed E-state index contributed by atoms with van der Waals surface area (Å²) in [5, 5.41) is 12.6. The third-order valence-electron chi connectivity index (χ3n) is 5.73. The third-order valence-corrected chi connectivity index (χ3v) is 5.94. The molecule has 1 aliphatic rings. The Labute approximate surface area is 207 Å². The molecule has 1 aliphatic carbocycles.